The van der Waals surface area contributed by atoms with E-state index < -0.39 is 0 Å². The maximum atomic E-state index is 12.2. The number of hydrogen-bond donors (Lipinski definition) is 1. The Balaban J connectivity index is 1.47. The highest BCUT2D eigenvalue weighted by Crippen LogP contribution is 2.25. The van der Waals surface area contributed by atoms with Crippen LogP contribution < -0.4 is 10.2 Å². The minimum Gasteiger partial charge on any atom is -0.371 e. The zero-order chi connectivity index (χ0) is 19.2. The molecule has 0 radical (unpaired) electrons. The van der Waals surface area contributed by atoms with Crippen molar-refractivity contribution in [3.63, 3.8) is 0 Å². The fraction of sp³-hybridized carbons (Fsp3) is 0.409. The number of carbonyl (C=O) groups is 1. The van der Waals surface area contributed by atoms with Crippen molar-refractivity contribution in [3.05, 3.63) is 63.6 Å². The second-order valence-electron chi connectivity index (χ2n) is 7.34. The molecule has 3 nitrogen and oxygen atoms in total. The molecule has 1 aliphatic rings. The van der Waals surface area contributed by atoms with Crippen molar-refractivity contribution in [1.82, 2.24) is 5.32 Å². The summed E-state index contributed by atoms with van der Waals surface area (Å²) in [5, 5.41) is 4.19. The first-order valence-corrected chi connectivity index (χ1v) is 10.3. The summed E-state index contributed by atoms with van der Waals surface area (Å²) in [6.07, 6.45) is 3.48. The lowest BCUT2D eigenvalue weighted by Gasteiger charge is -2.32. The normalized spacial score (nSPS) is 17.0. The van der Waals surface area contributed by atoms with Gasteiger partial charge in [-0.05, 0) is 60.6 Å². The zero-order valence-electron chi connectivity index (χ0n) is 15.7. The van der Waals surface area contributed by atoms with Gasteiger partial charge in [-0.3, -0.25) is 4.79 Å². The van der Waals surface area contributed by atoms with Gasteiger partial charge < -0.3 is 10.2 Å². The van der Waals surface area contributed by atoms with Gasteiger partial charge in [0.05, 0.1) is 0 Å². The molecule has 1 N–H and O–H groups in total. The molecule has 1 unspecified atom stereocenters. The Bertz CT molecular complexity index is 756. The highest BCUT2D eigenvalue weighted by atomic mass is 35.5. The van der Waals surface area contributed by atoms with Gasteiger partial charge in [-0.2, -0.15) is 0 Å². The van der Waals surface area contributed by atoms with Crippen molar-refractivity contribution >= 4 is 34.8 Å². The fourth-order valence-corrected chi connectivity index (χ4v) is 4.13. The number of anilines is 1. The van der Waals surface area contributed by atoms with Crippen LogP contribution in [0.25, 0.3) is 0 Å². The van der Waals surface area contributed by atoms with Gasteiger partial charge in [0.1, 0.15) is 0 Å². The van der Waals surface area contributed by atoms with Crippen LogP contribution in [-0.4, -0.2) is 19.0 Å². The molecule has 0 bridgehead atoms. The van der Waals surface area contributed by atoms with E-state index in [0.717, 1.165) is 30.1 Å². The first-order chi connectivity index (χ1) is 13.0. The van der Waals surface area contributed by atoms with Gasteiger partial charge in [-0.1, -0.05) is 48.3 Å². The van der Waals surface area contributed by atoms with Gasteiger partial charge >= 0.3 is 0 Å². The van der Waals surface area contributed by atoms with Crippen molar-refractivity contribution in [1.29, 1.82) is 0 Å². The lowest BCUT2D eigenvalue weighted by Crippen LogP contribution is -2.34. The Morgan fingerprint density at radius 3 is 2.52 bits per heavy atom. The van der Waals surface area contributed by atoms with Crippen molar-refractivity contribution in [3.8, 4) is 0 Å². The Labute approximate surface area is 171 Å². The van der Waals surface area contributed by atoms with Crippen LogP contribution >= 0.6 is 23.2 Å². The maximum absolute atomic E-state index is 12.2. The van der Waals surface area contributed by atoms with Crippen LogP contribution in [0.4, 0.5) is 5.69 Å². The molecule has 0 aromatic heterocycles. The van der Waals surface area contributed by atoms with Crippen LogP contribution in [0.15, 0.2) is 42.5 Å². The highest BCUT2D eigenvalue weighted by molar-refractivity contribution is 6.36. The number of piperidine rings is 1. The summed E-state index contributed by atoms with van der Waals surface area (Å²) < 4.78 is 0. The van der Waals surface area contributed by atoms with E-state index >= 15 is 0 Å². The fourth-order valence-electron chi connectivity index (χ4n) is 3.55. The first-order valence-electron chi connectivity index (χ1n) is 9.56. The summed E-state index contributed by atoms with van der Waals surface area (Å²) in [6.45, 7) is 5.10. The standard InChI is InChI=1S/C22H26Cl2N2O/c1-16-4-3-13-26(15-16)18-9-7-17(8-10-18)14-25-22(27)12-11-19-20(23)5-2-6-21(19)24/h2,5-10,16H,3-4,11-15H2,1H3,(H,25,27). The number of nitrogens with one attached hydrogen (secondary N) is 1. The third kappa shape index (κ3) is 5.63. The van der Waals surface area contributed by atoms with Gasteiger partial charge in [-0.15, -0.1) is 0 Å². The molecule has 0 spiro atoms. The van der Waals surface area contributed by atoms with E-state index in [-0.39, 0.29) is 5.91 Å². The van der Waals surface area contributed by atoms with E-state index in [2.05, 4.69) is 41.4 Å². The van der Waals surface area contributed by atoms with Crippen molar-refractivity contribution in [2.24, 2.45) is 5.92 Å². The zero-order valence-corrected chi connectivity index (χ0v) is 17.2. The molecule has 1 atom stereocenters. The number of carbonyl (C=O) groups excluding carboxylic acids is 1. The molecule has 5 heteroatoms. The molecule has 1 amide bonds. The molecule has 2 aromatic carbocycles. The van der Waals surface area contributed by atoms with Crippen molar-refractivity contribution in [2.45, 2.75) is 39.2 Å². The van der Waals surface area contributed by atoms with Crippen LogP contribution in [0.2, 0.25) is 10.0 Å². The average molecular weight is 405 g/mol. The van der Waals surface area contributed by atoms with Gasteiger partial charge in [0.25, 0.3) is 0 Å². The topological polar surface area (TPSA) is 32.3 Å². The molecular formula is C22H26Cl2N2O. The third-order valence-electron chi connectivity index (χ3n) is 5.11. The monoisotopic (exact) mass is 404 g/mol. The molecule has 3 rings (SSSR count). The van der Waals surface area contributed by atoms with Gasteiger partial charge in [-0.25, -0.2) is 0 Å². The van der Waals surface area contributed by atoms with E-state index in [1.807, 2.05) is 6.07 Å². The SMILES string of the molecule is CC1CCCN(c2ccc(CNC(=O)CCc3c(Cl)cccc3Cl)cc2)C1. The molecule has 2 aromatic rings. The Morgan fingerprint density at radius 2 is 1.85 bits per heavy atom. The van der Waals surface area contributed by atoms with Crippen LogP contribution in [0.5, 0.6) is 0 Å². The van der Waals surface area contributed by atoms with Crippen molar-refractivity contribution < 1.29 is 4.79 Å². The number of amides is 1. The van der Waals surface area contributed by atoms with Crippen LogP contribution in [0.1, 0.15) is 37.3 Å². The minimum atomic E-state index is -0.0000757. The maximum Gasteiger partial charge on any atom is 0.220 e. The summed E-state index contributed by atoms with van der Waals surface area (Å²) in [5.41, 5.74) is 3.20. The summed E-state index contributed by atoms with van der Waals surface area (Å²) in [6, 6.07) is 13.9. The van der Waals surface area contributed by atoms with Gasteiger partial charge in [0, 0.05) is 41.8 Å². The van der Waals surface area contributed by atoms with E-state index in [1.165, 1.54) is 18.5 Å². The number of rotatable bonds is 6. The minimum absolute atomic E-state index is 0.0000757. The molecule has 0 saturated carbocycles. The molecule has 1 heterocycles. The number of halogens is 2. The summed E-state index contributed by atoms with van der Waals surface area (Å²) in [5.74, 6) is 0.754. The molecule has 144 valence electrons. The van der Waals surface area contributed by atoms with E-state index in [4.69, 9.17) is 23.2 Å². The molecular weight excluding hydrogens is 379 g/mol. The first kappa shape index (κ1) is 20.0. The average Bonchev–Trinajstić information content (AvgIpc) is 2.66. The Kier molecular flexibility index (Phi) is 7.03. The van der Waals surface area contributed by atoms with Crippen molar-refractivity contribution in [2.75, 3.05) is 18.0 Å². The highest BCUT2D eigenvalue weighted by Gasteiger charge is 2.16. The lowest BCUT2D eigenvalue weighted by molar-refractivity contribution is -0.121. The second kappa shape index (κ2) is 9.48. The molecule has 27 heavy (non-hydrogen) atoms. The van der Waals surface area contributed by atoms with E-state index in [9.17, 15) is 4.79 Å². The quantitative estimate of drug-likeness (QED) is 0.690. The number of hydrogen-bond acceptors (Lipinski definition) is 2. The predicted octanol–water partition coefficient (Wildman–Crippen LogP) is 5.48. The van der Waals surface area contributed by atoms with Gasteiger partial charge in [0.15, 0.2) is 0 Å². The summed E-state index contributed by atoms with van der Waals surface area (Å²) in [7, 11) is 0. The largest absolute Gasteiger partial charge is 0.371 e. The third-order valence-corrected chi connectivity index (χ3v) is 5.82. The summed E-state index contributed by atoms with van der Waals surface area (Å²) in [4.78, 5) is 14.6. The van der Waals surface area contributed by atoms with Crippen LogP contribution in [0, 0.1) is 5.92 Å². The van der Waals surface area contributed by atoms with Gasteiger partial charge in [0.2, 0.25) is 5.91 Å². The smallest absolute Gasteiger partial charge is 0.220 e. The Hall–Kier alpha value is -1.71. The second-order valence-corrected chi connectivity index (χ2v) is 8.15. The molecule has 1 fully saturated rings. The Morgan fingerprint density at radius 1 is 1.15 bits per heavy atom. The number of benzene rings is 2. The van der Waals surface area contributed by atoms with Crippen LogP contribution in [0.3, 0.4) is 0 Å². The predicted molar refractivity (Wildman–Crippen MR) is 114 cm³/mol. The lowest BCUT2D eigenvalue weighted by atomic mass is 9.99. The summed E-state index contributed by atoms with van der Waals surface area (Å²) >= 11 is 12.3. The van der Waals surface area contributed by atoms with E-state index in [0.29, 0.717) is 29.4 Å². The number of nitrogens with zero attached hydrogens (tertiary/aromatic N) is 1. The molecule has 1 aliphatic heterocycles. The molecule has 1 saturated heterocycles. The van der Waals surface area contributed by atoms with E-state index in [1.54, 1.807) is 12.1 Å². The van der Waals surface area contributed by atoms with Crippen LogP contribution in [-0.2, 0) is 17.8 Å². The molecule has 0 aliphatic carbocycles.